The summed E-state index contributed by atoms with van der Waals surface area (Å²) in [5, 5.41) is 3.03. The van der Waals surface area contributed by atoms with Crippen molar-refractivity contribution < 1.29 is 27.4 Å². The van der Waals surface area contributed by atoms with E-state index in [9.17, 15) is 13.2 Å². The Labute approximate surface area is 220 Å². The van der Waals surface area contributed by atoms with Gasteiger partial charge in [-0.1, -0.05) is 48.0 Å². The van der Waals surface area contributed by atoms with E-state index in [0.717, 1.165) is 36.7 Å². The van der Waals surface area contributed by atoms with Crippen LogP contribution in [0.1, 0.15) is 34.7 Å². The van der Waals surface area contributed by atoms with E-state index in [1.54, 1.807) is 6.07 Å². The van der Waals surface area contributed by atoms with E-state index in [-0.39, 0.29) is 5.02 Å². The zero-order chi connectivity index (χ0) is 26.4. The van der Waals surface area contributed by atoms with Gasteiger partial charge in [-0.3, -0.25) is 4.90 Å². The first-order chi connectivity index (χ1) is 17.8. The fourth-order valence-electron chi connectivity index (χ4n) is 4.60. The van der Waals surface area contributed by atoms with Gasteiger partial charge in [-0.15, -0.1) is 0 Å². The summed E-state index contributed by atoms with van der Waals surface area (Å²) < 4.78 is 58.7. The van der Waals surface area contributed by atoms with Crippen LogP contribution < -0.4 is 19.5 Å². The van der Waals surface area contributed by atoms with Crippen molar-refractivity contribution in [3.05, 3.63) is 87.9 Å². The lowest BCUT2D eigenvalue weighted by Crippen LogP contribution is -2.33. The number of nitrogens with zero attached hydrogens (tertiary/aromatic N) is 1. The smallest absolute Gasteiger partial charge is 0.417 e. The molecule has 4 rings (SSSR count). The predicted octanol–water partition coefficient (Wildman–Crippen LogP) is 6.34. The maximum Gasteiger partial charge on any atom is 0.417 e. The van der Waals surface area contributed by atoms with E-state index in [1.807, 2.05) is 42.5 Å². The monoisotopic (exact) mass is 534 g/mol. The van der Waals surface area contributed by atoms with Crippen molar-refractivity contribution in [3.63, 3.8) is 0 Å². The van der Waals surface area contributed by atoms with Crippen molar-refractivity contribution in [3.8, 4) is 17.2 Å². The van der Waals surface area contributed by atoms with Crippen molar-refractivity contribution >= 4 is 11.6 Å². The molecule has 1 fully saturated rings. The molecule has 3 aromatic rings. The summed E-state index contributed by atoms with van der Waals surface area (Å²) in [5.74, 6) is 1.31. The molecule has 1 saturated heterocycles. The van der Waals surface area contributed by atoms with E-state index in [1.165, 1.54) is 20.3 Å². The van der Waals surface area contributed by atoms with Gasteiger partial charge in [0.25, 0.3) is 0 Å². The van der Waals surface area contributed by atoms with Crippen LogP contribution in [0.4, 0.5) is 13.2 Å². The third-order valence-corrected chi connectivity index (χ3v) is 6.71. The molecule has 0 bridgehead atoms. The van der Waals surface area contributed by atoms with E-state index in [2.05, 4.69) is 10.2 Å². The maximum atomic E-state index is 13.8. The first-order valence-corrected chi connectivity index (χ1v) is 12.4. The first-order valence-electron chi connectivity index (χ1n) is 12.1. The van der Waals surface area contributed by atoms with Gasteiger partial charge in [-0.25, -0.2) is 0 Å². The third-order valence-electron chi connectivity index (χ3n) is 6.38. The number of rotatable bonds is 8. The number of hydrogen-bond donors (Lipinski definition) is 1. The molecule has 3 aromatic carbocycles. The van der Waals surface area contributed by atoms with Crippen LogP contribution in [0, 0.1) is 0 Å². The summed E-state index contributed by atoms with van der Waals surface area (Å²) in [4.78, 5) is 2.17. The number of halogens is 4. The minimum absolute atomic E-state index is 0.306. The van der Waals surface area contributed by atoms with E-state index in [0.29, 0.717) is 42.5 Å². The van der Waals surface area contributed by atoms with Crippen LogP contribution in [-0.2, 0) is 12.8 Å². The predicted molar refractivity (Wildman–Crippen MR) is 138 cm³/mol. The van der Waals surface area contributed by atoms with Gasteiger partial charge < -0.3 is 19.5 Å². The molecule has 1 aliphatic heterocycles. The van der Waals surface area contributed by atoms with Crippen molar-refractivity contribution in [2.45, 2.75) is 25.2 Å². The molecular weight excluding hydrogens is 505 g/mol. The summed E-state index contributed by atoms with van der Waals surface area (Å²) in [6, 6.07) is 16.9. The van der Waals surface area contributed by atoms with Crippen molar-refractivity contribution in [2.24, 2.45) is 0 Å². The number of methoxy groups -OCH3 is 2. The van der Waals surface area contributed by atoms with Gasteiger partial charge in [-0.05, 0) is 53.9 Å². The number of nitrogens with one attached hydrogen (secondary N) is 1. The fraction of sp³-hybridized carbons (Fsp3) is 0.357. The Bertz CT molecular complexity index is 1160. The molecule has 9 heteroatoms. The molecule has 198 valence electrons. The van der Waals surface area contributed by atoms with E-state index in [4.69, 9.17) is 25.8 Å². The molecule has 1 aliphatic rings. The third kappa shape index (κ3) is 6.50. The largest absolute Gasteiger partial charge is 0.493 e. The summed E-state index contributed by atoms with van der Waals surface area (Å²) in [5.41, 5.74) is 1.34. The number of ether oxygens (including phenoxy) is 3. The average Bonchev–Trinajstić information content (AvgIpc) is 3.17. The Hall–Kier alpha value is -2.94. The summed E-state index contributed by atoms with van der Waals surface area (Å²) in [7, 11) is 3.06. The number of alkyl halides is 3. The van der Waals surface area contributed by atoms with Crippen LogP contribution in [0.15, 0.2) is 60.7 Å². The Kier molecular flexibility index (Phi) is 8.84. The van der Waals surface area contributed by atoms with Gasteiger partial charge in [0.05, 0.1) is 30.8 Å². The highest BCUT2D eigenvalue weighted by Gasteiger charge is 2.35. The van der Waals surface area contributed by atoms with Gasteiger partial charge in [0.1, 0.15) is 6.61 Å². The summed E-state index contributed by atoms with van der Waals surface area (Å²) in [6.07, 6.45) is -3.70. The highest BCUT2D eigenvalue weighted by molar-refractivity contribution is 6.31. The van der Waals surface area contributed by atoms with Gasteiger partial charge >= 0.3 is 6.18 Å². The Morgan fingerprint density at radius 1 is 0.919 bits per heavy atom. The van der Waals surface area contributed by atoms with E-state index < -0.39 is 17.8 Å². The summed E-state index contributed by atoms with van der Waals surface area (Å²) in [6.45, 7) is 3.24. The second kappa shape index (κ2) is 12.1. The Morgan fingerprint density at radius 3 is 2.27 bits per heavy atom. The fourth-order valence-corrected chi connectivity index (χ4v) is 4.82. The lowest BCUT2D eigenvalue weighted by molar-refractivity contribution is -0.137. The zero-order valence-corrected chi connectivity index (χ0v) is 21.5. The van der Waals surface area contributed by atoms with Crippen LogP contribution in [0.3, 0.4) is 0 Å². The van der Waals surface area contributed by atoms with E-state index >= 15 is 0 Å². The molecule has 0 amide bonds. The lowest BCUT2D eigenvalue weighted by atomic mass is 9.94. The Morgan fingerprint density at radius 2 is 1.62 bits per heavy atom. The molecular formula is C28H30ClF3N2O3. The van der Waals surface area contributed by atoms with Crippen LogP contribution in [0.25, 0.3) is 0 Å². The molecule has 1 N–H and O–H groups in total. The molecule has 1 atom stereocenters. The van der Waals surface area contributed by atoms with Gasteiger partial charge in [0.15, 0.2) is 11.5 Å². The minimum atomic E-state index is -4.57. The quantitative estimate of drug-likeness (QED) is 0.365. The highest BCUT2D eigenvalue weighted by Crippen LogP contribution is 2.44. The topological polar surface area (TPSA) is 43.0 Å². The SMILES string of the molecule is COc1cc(C(c2ccc(Cl)c(C(F)(F)F)c2)N2CCCNCC2)cc(OC)c1OCc1ccccc1. The second-order valence-electron chi connectivity index (χ2n) is 8.81. The molecule has 0 spiro atoms. The Balaban J connectivity index is 1.79. The molecule has 1 unspecified atom stereocenters. The second-order valence-corrected chi connectivity index (χ2v) is 9.22. The molecule has 37 heavy (non-hydrogen) atoms. The average molecular weight is 535 g/mol. The minimum Gasteiger partial charge on any atom is -0.493 e. The molecule has 0 aromatic heterocycles. The van der Waals surface area contributed by atoms with Gasteiger partial charge in [0.2, 0.25) is 5.75 Å². The van der Waals surface area contributed by atoms with Gasteiger partial charge in [0, 0.05) is 19.6 Å². The molecule has 1 heterocycles. The van der Waals surface area contributed by atoms with Gasteiger partial charge in [-0.2, -0.15) is 13.2 Å². The number of benzene rings is 3. The molecule has 0 radical (unpaired) electrons. The molecule has 0 saturated carbocycles. The van der Waals surface area contributed by atoms with Crippen LogP contribution in [0.5, 0.6) is 17.2 Å². The standard InChI is InChI=1S/C28H30ClF3N2O3/c1-35-24-16-21(17-25(36-2)27(24)37-18-19-7-4-3-5-8-19)26(34-13-6-11-33-12-14-34)20-9-10-23(29)22(15-20)28(30,31)32/h3-5,7-10,15-17,26,33H,6,11-14,18H2,1-2H3. The van der Waals surface area contributed by atoms with Crippen molar-refractivity contribution in [2.75, 3.05) is 40.4 Å². The highest BCUT2D eigenvalue weighted by atomic mass is 35.5. The normalized spacial score (nSPS) is 15.6. The van der Waals surface area contributed by atoms with Crippen LogP contribution in [-0.4, -0.2) is 45.3 Å². The summed E-state index contributed by atoms with van der Waals surface area (Å²) >= 11 is 5.94. The van der Waals surface area contributed by atoms with Crippen molar-refractivity contribution in [1.29, 1.82) is 0 Å². The number of hydrogen-bond acceptors (Lipinski definition) is 5. The van der Waals surface area contributed by atoms with Crippen LogP contribution >= 0.6 is 11.6 Å². The molecule has 0 aliphatic carbocycles. The maximum absolute atomic E-state index is 13.8. The lowest BCUT2D eigenvalue weighted by Gasteiger charge is -2.32. The van der Waals surface area contributed by atoms with Crippen LogP contribution in [0.2, 0.25) is 5.02 Å². The van der Waals surface area contributed by atoms with Crippen molar-refractivity contribution in [1.82, 2.24) is 10.2 Å². The molecule has 5 nitrogen and oxygen atoms in total. The zero-order valence-electron chi connectivity index (χ0n) is 20.8. The first kappa shape index (κ1) is 27.1.